The Bertz CT molecular complexity index is 1080. The highest BCUT2D eigenvalue weighted by Crippen LogP contribution is 2.47. The fraction of sp³-hybridized carbons (Fsp3) is 0.677. The average Bonchev–Trinajstić information content (AvgIpc) is 3.70. The standard InChI is InChI=1S/C31H44N4OS/c1-3-22(4-2)27-19-24(23-11-6-5-7-12-23)14-18-35(27)29(36)25-20-32-21-31(25)15-10-13-26-28(31)37-30(33-26)34-16-8-9-17-34/h5-7,11-12,22,24-25,27,32H,3-4,8-10,13-21H2,1-2H3/p+3/t24-,25+,27+,31-/m1/s1. The molecule has 4 aliphatic rings. The molecule has 3 saturated heterocycles. The number of nitrogens with one attached hydrogen (secondary N) is 2. The van der Waals surface area contributed by atoms with Gasteiger partial charge in [-0.15, -0.1) is 0 Å². The summed E-state index contributed by atoms with van der Waals surface area (Å²) in [5.41, 5.74) is 2.94. The Morgan fingerprint density at radius 3 is 2.73 bits per heavy atom. The lowest BCUT2D eigenvalue weighted by Crippen LogP contribution is -3.05. The molecule has 0 unspecified atom stereocenters. The quantitative estimate of drug-likeness (QED) is 0.601. The number of piperidine rings is 1. The zero-order valence-corrected chi connectivity index (χ0v) is 23.8. The third-order valence-corrected chi connectivity index (χ3v) is 11.9. The minimum absolute atomic E-state index is 0.0258. The van der Waals surface area contributed by atoms with E-state index in [2.05, 4.69) is 59.4 Å². The Kier molecular flexibility index (Phi) is 7.43. The zero-order chi connectivity index (χ0) is 25.4. The molecule has 3 fully saturated rings. The second kappa shape index (κ2) is 10.8. The van der Waals surface area contributed by atoms with Gasteiger partial charge in [-0.1, -0.05) is 57.0 Å². The summed E-state index contributed by atoms with van der Waals surface area (Å²) in [6.07, 6.45) is 10.7. The van der Waals surface area contributed by atoms with Gasteiger partial charge in [0.15, 0.2) is 5.69 Å². The van der Waals surface area contributed by atoms with Gasteiger partial charge in [0.05, 0.1) is 36.5 Å². The van der Waals surface area contributed by atoms with Crippen LogP contribution in [0.15, 0.2) is 30.3 Å². The van der Waals surface area contributed by atoms with Crippen LogP contribution in [-0.2, 0) is 16.6 Å². The minimum atomic E-state index is 0.0258. The second-order valence-electron chi connectivity index (χ2n) is 12.3. The second-order valence-corrected chi connectivity index (χ2v) is 13.3. The van der Waals surface area contributed by atoms with Gasteiger partial charge in [0.2, 0.25) is 5.91 Å². The number of aryl methyl sites for hydroxylation is 1. The van der Waals surface area contributed by atoms with Crippen LogP contribution < -0.4 is 15.2 Å². The van der Waals surface area contributed by atoms with E-state index in [9.17, 15) is 4.79 Å². The third-order valence-electron chi connectivity index (χ3n) is 10.4. The van der Waals surface area contributed by atoms with Crippen molar-refractivity contribution in [1.82, 2.24) is 4.90 Å². The predicted octanol–water partition coefficient (Wildman–Crippen LogP) is 2.85. The lowest BCUT2D eigenvalue weighted by atomic mass is 9.68. The van der Waals surface area contributed by atoms with Gasteiger partial charge in [0.1, 0.15) is 5.92 Å². The van der Waals surface area contributed by atoms with Crippen molar-refractivity contribution in [2.45, 2.75) is 89.0 Å². The molecule has 1 aromatic carbocycles. The lowest BCUT2D eigenvalue weighted by Gasteiger charge is -2.45. The number of rotatable bonds is 6. The Labute approximate surface area is 227 Å². The fourth-order valence-electron chi connectivity index (χ4n) is 8.36. The molecule has 4 N–H and O–H groups in total. The summed E-state index contributed by atoms with van der Waals surface area (Å²) >= 11 is 2.03. The van der Waals surface area contributed by atoms with Crippen molar-refractivity contribution >= 4 is 22.4 Å². The number of benzene rings is 1. The molecule has 1 spiro atoms. The maximum Gasteiger partial charge on any atom is 0.427 e. The number of carbonyl (C=O) groups excluding carboxylic acids is 1. The number of aromatic nitrogens is 1. The van der Waals surface area contributed by atoms with Gasteiger partial charge < -0.3 is 10.2 Å². The van der Waals surface area contributed by atoms with Crippen molar-refractivity contribution in [2.75, 3.05) is 32.7 Å². The molecule has 4 heterocycles. The van der Waals surface area contributed by atoms with Crippen LogP contribution in [0.25, 0.3) is 0 Å². The summed E-state index contributed by atoms with van der Waals surface area (Å²) in [7, 11) is 0. The lowest BCUT2D eigenvalue weighted by molar-refractivity contribution is -0.851. The maximum atomic E-state index is 14.6. The highest BCUT2D eigenvalue weighted by molar-refractivity contribution is 7.14. The molecule has 5 nitrogen and oxygen atoms in total. The number of H-pyrrole nitrogens is 1. The van der Waals surface area contributed by atoms with Gasteiger partial charge in [-0.25, -0.2) is 4.90 Å². The van der Waals surface area contributed by atoms with Crippen molar-refractivity contribution in [3.8, 4) is 0 Å². The van der Waals surface area contributed by atoms with Crippen LogP contribution in [0.4, 0.5) is 5.13 Å². The highest BCUT2D eigenvalue weighted by Gasteiger charge is 2.58. The number of aromatic amines is 1. The Morgan fingerprint density at radius 1 is 1.19 bits per heavy atom. The first-order chi connectivity index (χ1) is 18.1. The number of thiazole rings is 1. The molecule has 4 atom stereocenters. The van der Waals surface area contributed by atoms with E-state index in [1.165, 1.54) is 55.2 Å². The van der Waals surface area contributed by atoms with Gasteiger partial charge in [-0.2, -0.15) is 4.98 Å². The van der Waals surface area contributed by atoms with Crippen molar-refractivity contribution in [2.24, 2.45) is 11.8 Å². The molecule has 2 aromatic rings. The number of likely N-dealkylation sites (tertiary alicyclic amines) is 1. The number of fused-ring (bicyclic) bond motifs is 2. The molecule has 1 amide bonds. The van der Waals surface area contributed by atoms with E-state index < -0.39 is 0 Å². The molecular weight excluding hydrogens is 476 g/mol. The smallest absolute Gasteiger partial charge is 0.345 e. The van der Waals surface area contributed by atoms with E-state index in [4.69, 9.17) is 0 Å². The molecular formula is C31H47N4OS+3. The van der Waals surface area contributed by atoms with E-state index in [-0.39, 0.29) is 11.3 Å². The normalized spacial score (nSPS) is 30.4. The molecule has 0 saturated carbocycles. The molecule has 0 radical (unpaired) electrons. The monoisotopic (exact) mass is 523 g/mol. The Morgan fingerprint density at radius 2 is 1.97 bits per heavy atom. The van der Waals surface area contributed by atoms with Crippen molar-refractivity contribution in [3.05, 3.63) is 46.5 Å². The average molecular weight is 524 g/mol. The summed E-state index contributed by atoms with van der Waals surface area (Å²) in [6, 6.07) is 11.4. The number of quaternary nitrogens is 2. The van der Waals surface area contributed by atoms with Crippen LogP contribution in [0.3, 0.4) is 0 Å². The van der Waals surface area contributed by atoms with Crippen LogP contribution in [0.2, 0.25) is 0 Å². The molecule has 6 heteroatoms. The summed E-state index contributed by atoms with van der Waals surface area (Å²) in [5.74, 6) is 1.73. The largest absolute Gasteiger partial charge is 0.427 e. The molecule has 37 heavy (non-hydrogen) atoms. The first-order valence-electron chi connectivity index (χ1n) is 15.2. The number of amides is 1. The summed E-state index contributed by atoms with van der Waals surface area (Å²) < 4.78 is 0. The Hall–Kier alpha value is -1.76. The van der Waals surface area contributed by atoms with Gasteiger partial charge in [-0.3, -0.25) is 4.79 Å². The van der Waals surface area contributed by atoms with Crippen LogP contribution in [0.1, 0.15) is 87.3 Å². The molecule has 1 aliphatic carbocycles. The van der Waals surface area contributed by atoms with Crippen molar-refractivity contribution in [1.29, 1.82) is 0 Å². The summed E-state index contributed by atoms with van der Waals surface area (Å²) in [5, 5.41) is 3.89. The SMILES string of the molecule is CCC(CC)[C@@H]1C[C@H](c2ccccc2)CCN1C(=O)[C@@H]1C[NH2+]C[C@]12CCCc1[nH+]c([NH+]3CCCC3)sc12. The molecule has 200 valence electrons. The van der Waals surface area contributed by atoms with Crippen LogP contribution in [0, 0.1) is 11.8 Å². The molecule has 6 rings (SSSR count). The number of nitrogens with zero attached hydrogens (tertiary/aromatic N) is 1. The van der Waals surface area contributed by atoms with Crippen molar-refractivity contribution < 1.29 is 20.0 Å². The Balaban J connectivity index is 1.29. The third kappa shape index (κ3) is 4.57. The summed E-state index contributed by atoms with van der Waals surface area (Å²) in [6.45, 7) is 10.1. The van der Waals surface area contributed by atoms with Gasteiger partial charge in [0.25, 0.3) is 0 Å². The van der Waals surface area contributed by atoms with E-state index in [1.54, 1.807) is 9.78 Å². The van der Waals surface area contributed by atoms with Crippen LogP contribution in [-0.4, -0.2) is 49.6 Å². The van der Waals surface area contributed by atoms with Gasteiger partial charge in [0, 0.05) is 31.8 Å². The fourth-order valence-corrected chi connectivity index (χ4v) is 9.90. The van der Waals surface area contributed by atoms with Gasteiger partial charge >= 0.3 is 5.13 Å². The van der Waals surface area contributed by atoms with Crippen molar-refractivity contribution in [3.63, 3.8) is 0 Å². The number of nitrogens with two attached hydrogens (primary N) is 1. The molecule has 1 aromatic heterocycles. The first-order valence-corrected chi connectivity index (χ1v) is 16.0. The highest BCUT2D eigenvalue weighted by atomic mass is 32.1. The number of carbonyl (C=O) groups is 1. The number of hydrogen-bond acceptors (Lipinski definition) is 2. The summed E-state index contributed by atoms with van der Waals surface area (Å²) in [4.78, 5) is 24.1. The maximum absolute atomic E-state index is 14.6. The minimum Gasteiger partial charge on any atom is -0.345 e. The van der Waals surface area contributed by atoms with Crippen LogP contribution in [0.5, 0.6) is 0 Å². The van der Waals surface area contributed by atoms with E-state index in [1.807, 2.05) is 11.3 Å². The topological polar surface area (TPSA) is 55.5 Å². The van der Waals surface area contributed by atoms with E-state index >= 15 is 0 Å². The van der Waals surface area contributed by atoms with E-state index in [0.717, 1.165) is 51.7 Å². The molecule has 0 bridgehead atoms. The number of hydrogen-bond donors (Lipinski definition) is 2. The van der Waals surface area contributed by atoms with Gasteiger partial charge in [-0.05, 0) is 54.4 Å². The van der Waals surface area contributed by atoms with E-state index in [0.29, 0.717) is 23.8 Å². The predicted molar refractivity (Wildman–Crippen MR) is 148 cm³/mol. The first kappa shape index (κ1) is 25.5. The van der Waals surface area contributed by atoms with Crippen LogP contribution >= 0.6 is 11.3 Å². The molecule has 3 aliphatic heterocycles. The zero-order valence-electron chi connectivity index (χ0n) is 22.9.